The maximum Gasteiger partial charge on any atom is 0.282 e. The van der Waals surface area contributed by atoms with Crippen LogP contribution in [0, 0.1) is 0 Å². The van der Waals surface area contributed by atoms with Crippen molar-refractivity contribution in [2.75, 3.05) is 0 Å². The minimum atomic E-state index is -0.193. The molecule has 1 heterocycles. The average Bonchev–Trinajstić information content (AvgIpc) is 2.78. The Kier molecular flexibility index (Phi) is 6.63. The summed E-state index contributed by atoms with van der Waals surface area (Å²) in [7, 11) is 0. The second kappa shape index (κ2) is 9.58. The quantitative estimate of drug-likeness (QED) is 0.284. The number of aromatic nitrogens is 2. The van der Waals surface area contributed by atoms with Gasteiger partial charge in [-0.05, 0) is 63.5 Å². The lowest BCUT2D eigenvalue weighted by Crippen LogP contribution is -2.22. The smallest absolute Gasteiger partial charge is 0.282 e. The molecule has 0 spiro atoms. The van der Waals surface area contributed by atoms with Crippen molar-refractivity contribution in [1.29, 1.82) is 0 Å². The second-order valence-electron chi connectivity index (χ2n) is 6.87. The van der Waals surface area contributed by atoms with Gasteiger partial charge < -0.3 is 4.74 Å². The number of ether oxygens (including phenoxy) is 1. The first-order chi connectivity index (χ1) is 15.0. The summed E-state index contributed by atoms with van der Waals surface area (Å²) in [6.07, 6.45) is 2.24. The number of hydrogen-bond acceptors (Lipinski definition) is 4. The van der Waals surface area contributed by atoms with Gasteiger partial charge in [0.1, 0.15) is 18.2 Å². The van der Waals surface area contributed by atoms with Crippen LogP contribution < -0.4 is 10.3 Å². The molecule has 0 unspecified atom stereocenters. The van der Waals surface area contributed by atoms with Crippen LogP contribution in [0.2, 0.25) is 0 Å². The number of aryl methyl sites for hydroxylation is 1. The van der Waals surface area contributed by atoms with Crippen LogP contribution in [0.15, 0.2) is 85.6 Å². The second-order valence-corrected chi connectivity index (χ2v) is 8.64. The molecule has 0 amide bonds. The van der Waals surface area contributed by atoms with Gasteiger partial charge in [-0.1, -0.05) is 53.2 Å². The Morgan fingerprint density at radius 3 is 2.61 bits per heavy atom. The van der Waals surface area contributed by atoms with Crippen LogP contribution in [0.3, 0.4) is 0 Å². The summed E-state index contributed by atoms with van der Waals surface area (Å²) in [6, 6.07) is 21.2. The Hall–Kier alpha value is -2.77. The number of benzene rings is 3. The van der Waals surface area contributed by atoms with Gasteiger partial charge in [-0.3, -0.25) is 4.79 Å². The molecule has 4 rings (SSSR count). The zero-order chi connectivity index (χ0) is 21.8. The fraction of sp³-hybridized carbons (Fsp3) is 0.125. The van der Waals surface area contributed by atoms with E-state index < -0.39 is 0 Å². The topological polar surface area (TPSA) is 56.5 Å². The lowest BCUT2D eigenvalue weighted by Gasteiger charge is -2.09. The molecular weight excluding hydrogens is 522 g/mol. The molecule has 0 aliphatic rings. The molecule has 31 heavy (non-hydrogen) atoms. The van der Waals surface area contributed by atoms with Crippen molar-refractivity contribution in [2.24, 2.45) is 5.10 Å². The molecule has 0 aliphatic heterocycles. The number of nitrogens with zero attached hydrogens (tertiary/aromatic N) is 3. The molecule has 5 nitrogen and oxygen atoms in total. The molecule has 0 radical (unpaired) electrons. The van der Waals surface area contributed by atoms with E-state index in [0.29, 0.717) is 29.8 Å². The van der Waals surface area contributed by atoms with E-state index in [0.717, 1.165) is 25.8 Å². The molecule has 0 saturated carbocycles. The van der Waals surface area contributed by atoms with Crippen molar-refractivity contribution in [3.8, 4) is 5.75 Å². The van der Waals surface area contributed by atoms with Crippen molar-refractivity contribution in [3.63, 3.8) is 0 Å². The van der Waals surface area contributed by atoms with Crippen LogP contribution in [-0.2, 0) is 13.0 Å². The third-order valence-corrected chi connectivity index (χ3v) is 5.82. The van der Waals surface area contributed by atoms with Crippen molar-refractivity contribution in [1.82, 2.24) is 9.66 Å². The first-order valence-corrected chi connectivity index (χ1v) is 11.4. The minimum Gasteiger partial charge on any atom is -0.488 e. The lowest BCUT2D eigenvalue weighted by molar-refractivity contribution is 0.304. The zero-order valence-corrected chi connectivity index (χ0v) is 19.9. The van der Waals surface area contributed by atoms with Gasteiger partial charge in [0.2, 0.25) is 0 Å². The fourth-order valence-electron chi connectivity index (χ4n) is 3.12. The van der Waals surface area contributed by atoms with Gasteiger partial charge in [0.15, 0.2) is 0 Å². The molecule has 1 aromatic heterocycles. The summed E-state index contributed by atoms with van der Waals surface area (Å²) >= 11 is 6.97. The Bertz CT molecular complexity index is 1320. The highest BCUT2D eigenvalue weighted by atomic mass is 79.9. The SMILES string of the molecule is CCc1nc2ccc(Br)cc2c(=O)n1N=Cc1ccc(OCc2ccccc2)c(Br)c1. The summed E-state index contributed by atoms with van der Waals surface area (Å²) in [5.74, 6) is 1.35. The van der Waals surface area contributed by atoms with Crippen LogP contribution in [0.5, 0.6) is 5.75 Å². The van der Waals surface area contributed by atoms with E-state index in [-0.39, 0.29) is 5.56 Å². The standard InChI is InChI=1S/C24H19Br2N3O2/c1-2-23-28-21-10-9-18(25)13-19(21)24(30)29(23)27-14-17-8-11-22(20(26)12-17)31-15-16-6-4-3-5-7-16/h3-14H,2,15H2,1H3. The number of fused-ring (bicyclic) bond motifs is 1. The minimum absolute atomic E-state index is 0.193. The number of halogens is 2. The van der Waals surface area contributed by atoms with Gasteiger partial charge in [-0.2, -0.15) is 9.78 Å². The van der Waals surface area contributed by atoms with Crippen LogP contribution in [-0.4, -0.2) is 15.9 Å². The summed E-state index contributed by atoms with van der Waals surface area (Å²) in [5.41, 5.74) is 2.41. The molecule has 156 valence electrons. The Morgan fingerprint density at radius 2 is 1.87 bits per heavy atom. The van der Waals surface area contributed by atoms with Crippen molar-refractivity contribution in [3.05, 3.63) is 103 Å². The molecule has 4 aromatic rings. The van der Waals surface area contributed by atoms with E-state index in [1.54, 1.807) is 12.3 Å². The van der Waals surface area contributed by atoms with E-state index in [4.69, 9.17) is 4.74 Å². The first kappa shape index (κ1) is 21.5. The first-order valence-electron chi connectivity index (χ1n) is 9.77. The molecule has 0 N–H and O–H groups in total. The molecule has 0 atom stereocenters. The Labute approximate surface area is 196 Å². The van der Waals surface area contributed by atoms with Crippen molar-refractivity contribution >= 4 is 49.0 Å². The van der Waals surface area contributed by atoms with Crippen LogP contribution >= 0.6 is 31.9 Å². The lowest BCUT2D eigenvalue weighted by atomic mass is 10.2. The van der Waals surface area contributed by atoms with Crippen LogP contribution in [0.4, 0.5) is 0 Å². The van der Waals surface area contributed by atoms with Crippen LogP contribution in [0.1, 0.15) is 23.9 Å². The highest BCUT2D eigenvalue weighted by Crippen LogP contribution is 2.26. The average molecular weight is 541 g/mol. The van der Waals surface area contributed by atoms with E-state index >= 15 is 0 Å². The number of hydrogen-bond donors (Lipinski definition) is 0. The molecule has 7 heteroatoms. The van der Waals surface area contributed by atoms with Gasteiger partial charge >= 0.3 is 0 Å². The summed E-state index contributed by atoms with van der Waals surface area (Å²) in [4.78, 5) is 17.6. The van der Waals surface area contributed by atoms with Crippen LogP contribution in [0.25, 0.3) is 10.9 Å². The van der Waals surface area contributed by atoms with E-state index in [1.165, 1.54) is 4.68 Å². The molecule has 0 bridgehead atoms. The van der Waals surface area contributed by atoms with E-state index in [1.807, 2.05) is 67.6 Å². The van der Waals surface area contributed by atoms with Gasteiger partial charge in [0.25, 0.3) is 5.56 Å². The Morgan fingerprint density at radius 1 is 1.06 bits per heavy atom. The molecule has 3 aromatic carbocycles. The van der Waals surface area contributed by atoms with Gasteiger partial charge in [-0.15, -0.1) is 0 Å². The summed E-state index contributed by atoms with van der Waals surface area (Å²) < 4.78 is 8.90. The van der Waals surface area contributed by atoms with Crippen molar-refractivity contribution < 1.29 is 4.74 Å². The fourth-order valence-corrected chi connectivity index (χ4v) is 3.99. The Balaban J connectivity index is 1.60. The molecule has 0 saturated heterocycles. The van der Waals surface area contributed by atoms with Gasteiger partial charge in [0, 0.05) is 10.9 Å². The molecular formula is C24H19Br2N3O2. The molecule has 0 aliphatic carbocycles. The third kappa shape index (κ3) is 4.94. The maximum atomic E-state index is 13.0. The van der Waals surface area contributed by atoms with Gasteiger partial charge in [-0.25, -0.2) is 4.98 Å². The summed E-state index contributed by atoms with van der Waals surface area (Å²) in [5, 5.41) is 4.95. The third-order valence-electron chi connectivity index (χ3n) is 4.71. The van der Waals surface area contributed by atoms with Crippen molar-refractivity contribution in [2.45, 2.75) is 20.0 Å². The van der Waals surface area contributed by atoms with Gasteiger partial charge in [0.05, 0.1) is 21.6 Å². The number of rotatable bonds is 6. The largest absolute Gasteiger partial charge is 0.488 e. The van der Waals surface area contributed by atoms with E-state index in [9.17, 15) is 4.79 Å². The molecule has 0 fully saturated rings. The maximum absolute atomic E-state index is 13.0. The highest BCUT2D eigenvalue weighted by molar-refractivity contribution is 9.10. The zero-order valence-electron chi connectivity index (χ0n) is 16.8. The highest BCUT2D eigenvalue weighted by Gasteiger charge is 2.10. The predicted molar refractivity (Wildman–Crippen MR) is 131 cm³/mol. The monoisotopic (exact) mass is 539 g/mol. The normalized spacial score (nSPS) is 11.3. The predicted octanol–water partition coefficient (Wildman–Crippen LogP) is 5.95. The van der Waals surface area contributed by atoms with E-state index in [2.05, 4.69) is 41.9 Å². The summed E-state index contributed by atoms with van der Waals surface area (Å²) in [6.45, 7) is 2.44.